The summed E-state index contributed by atoms with van der Waals surface area (Å²) in [7, 11) is 0. The van der Waals surface area contributed by atoms with Crippen LogP contribution in [0, 0.1) is 11.8 Å². The smallest absolute Gasteiger partial charge is 0.00205 e. The van der Waals surface area contributed by atoms with Gasteiger partial charge in [0.15, 0.2) is 0 Å². The van der Waals surface area contributed by atoms with E-state index in [2.05, 4.69) is 26.1 Å². The lowest BCUT2D eigenvalue weighted by Crippen LogP contribution is -2.28. The molecule has 0 aromatic rings. The van der Waals surface area contributed by atoms with Gasteiger partial charge in [-0.05, 0) is 44.3 Å². The molecule has 15 heavy (non-hydrogen) atoms. The molecule has 0 spiro atoms. The molecule has 2 unspecified atom stereocenters. The maximum Gasteiger partial charge on any atom is -0.00205 e. The van der Waals surface area contributed by atoms with Crippen molar-refractivity contribution in [2.24, 2.45) is 17.6 Å². The summed E-state index contributed by atoms with van der Waals surface area (Å²) in [4.78, 5) is 0. The van der Waals surface area contributed by atoms with Crippen LogP contribution in [0.2, 0.25) is 0 Å². The Kier molecular flexibility index (Phi) is 10.4. The van der Waals surface area contributed by atoms with Gasteiger partial charge in [-0.15, -0.1) is 0 Å². The second kappa shape index (κ2) is 10.4. The highest BCUT2D eigenvalue weighted by molar-refractivity contribution is 4.63. The molecule has 0 saturated carbocycles. The van der Waals surface area contributed by atoms with Crippen molar-refractivity contribution in [2.45, 2.75) is 52.9 Å². The number of nitrogens with one attached hydrogen (secondary N) is 1. The fraction of sp³-hybridized carbons (Fsp3) is 1.00. The number of hydrogen-bond acceptors (Lipinski definition) is 2. The van der Waals surface area contributed by atoms with Gasteiger partial charge in [-0.25, -0.2) is 0 Å². The van der Waals surface area contributed by atoms with Gasteiger partial charge in [0.1, 0.15) is 0 Å². The summed E-state index contributed by atoms with van der Waals surface area (Å²) >= 11 is 0. The van der Waals surface area contributed by atoms with Gasteiger partial charge >= 0.3 is 0 Å². The van der Waals surface area contributed by atoms with E-state index in [0.717, 1.165) is 31.3 Å². The zero-order valence-electron chi connectivity index (χ0n) is 10.9. The minimum Gasteiger partial charge on any atom is -0.330 e. The molecule has 0 aromatic heterocycles. The molecular formula is C13H30N2. The van der Waals surface area contributed by atoms with Crippen LogP contribution in [0.25, 0.3) is 0 Å². The van der Waals surface area contributed by atoms with E-state index in [4.69, 9.17) is 5.73 Å². The third-order valence-corrected chi connectivity index (χ3v) is 3.13. The van der Waals surface area contributed by atoms with E-state index in [9.17, 15) is 0 Å². The third-order valence-electron chi connectivity index (χ3n) is 3.13. The van der Waals surface area contributed by atoms with Crippen LogP contribution in [0.1, 0.15) is 52.9 Å². The molecule has 0 aliphatic heterocycles. The summed E-state index contributed by atoms with van der Waals surface area (Å²) < 4.78 is 0. The van der Waals surface area contributed by atoms with Crippen LogP contribution in [0.3, 0.4) is 0 Å². The van der Waals surface area contributed by atoms with Crippen molar-refractivity contribution in [3.05, 3.63) is 0 Å². The van der Waals surface area contributed by atoms with E-state index in [1.54, 1.807) is 0 Å². The summed E-state index contributed by atoms with van der Waals surface area (Å²) in [6, 6.07) is 0. The predicted molar refractivity (Wildman–Crippen MR) is 69.0 cm³/mol. The highest BCUT2D eigenvalue weighted by Crippen LogP contribution is 2.11. The molecule has 0 radical (unpaired) electrons. The Hall–Kier alpha value is -0.0800. The topological polar surface area (TPSA) is 38.0 Å². The molecule has 92 valence electrons. The van der Waals surface area contributed by atoms with Gasteiger partial charge in [0.2, 0.25) is 0 Å². The van der Waals surface area contributed by atoms with Gasteiger partial charge < -0.3 is 11.1 Å². The number of rotatable bonds is 10. The van der Waals surface area contributed by atoms with E-state index >= 15 is 0 Å². The number of hydrogen-bond donors (Lipinski definition) is 2. The molecule has 0 aliphatic carbocycles. The first-order valence-corrected chi connectivity index (χ1v) is 6.65. The van der Waals surface area contributed by atoms with Crippen LogP contribution < -0.4 is 11.1 Å². The Morgan fingerprint density at radius 2 is 1.87 bits per heavy atom. The van der Waals surface area contributed by atoms with Gasteiger partial charge in [-0.2, -0.15) is 0 Å². The highest BCUT2D eigenvalue weighted by atomic mass is 14.9. The minimum absolute atomic E-state index is 0.721. The van der Waals surface area contributed by atoms with Crippen LogP contribution in [0.15, 0.2) is 0 Å². The van der Waals surface area contributed by atoms with Crippen LogP contribution in [0.4, 0.5) is 0 Å². The van der Waals surface area contributed by atoms with Crippen LogP contribution in [0.5, 0.6) is 0 Å². The summed E-state index contributed by atoms with van der Waals surface area (Å²) in [5.74, 6) is 1.59. The van der Waals surface area contributed by atoms with E-state index in [1.807, 2.05) is 0 Å². The summed E-state index contributed by atoms with van der Waals surface area (Å²) in [6.07, 6.45) is 6.51. The van der Waals surface area contributed by atoms with Gasteiger partial charge in [0.25, 0.3) is 0 Å². The van der Waals surface area contributed by atoms with Crippen LogP contribution >= 0.6 is 0 Å². The van der Waals surface area contributed by atoms with Crippen LogP contribution in [-0.4, -0.2) is 19.6 Å². The molecule has 0 rings (SSSR count). The maximum absolute atomic E-state index is 5.53. The average molecular weight is 214 g/mol. The zero-order chi connectivity index (χ0) is 11.5. The molecule has 0 bridgehead atoms. The van der Waals surface area contributed by atoms with Gasteiger partial charge in [-0.1, -0.05) is 40.0 Å². The normalized spacial score (nSPS) is 15.2. The average Bonchev–Trinajstić information content (AvgIpc) is 2.23. The molecular weight excluding hydrogens is 184 g/mol. The zero-order valence-corrected chi connectivity index (χ0v) is 10.9. The van der Waals surface area contributed by atoms with Crippen molar-refractivity contribution in [3.8, 4) is 0 Å². The van der Waals surface area contributed by atoms with Crippen LogP contribution in [-0.2, 0) is 0 Å². The second-order valence-corrected chi connectivity index (χ2v) is 4.76. The van der Waals surface area contributed by atoms with Crippen molar-refractivity contribution < 1.29 is 0 Å². The molecule has 2 nitrogen and oxygen atoms in total. The van der Waals surface area contributed by atoms with Crippen molar-refractivity contribution in [1.82, 2.24) is 5.32 Å². The first-order valence-electron chi connectivity index (χ1n) is 6.65. The lowest BCUT2D eigenvalue weighted by Gasteiger charge is -2.17. The van der Waals surface area contributed by atoms with E-state index in [0.29, 0.717) is 0 Å². The standard InChI is InChI=1S/C13H30N2/c1-4-6-7-13(5-2)11-15-10-12(3)8-9-14/h12-13,15H,4-11,14H2,1-3H3. The lowest BCUT2D eigenvalue weighted by atomic mass is 9.99. The van der Waals surface area contributed by atoms with E-state index in [1.165, 1.54) is 32.2 Å². The Labute approximate surface area is 96.0 Å². The molecule has 2 atom stereocenters. The second-order valence-electron chi connectivity index (χ2n) is 4.76. The fourth-order valence-corrected chi connectivity index (χ4v) is 1.86. The first kappa shape index (κ1) is 14.9. The molecule has 0 saturated heterocycles. The largest absolute Gasteiger partial charge is 0.330 e. The Bertz CT molecular complexity index is 126. The van der Waals surface area contributed by atoms with Gasteiger partial charge in [-0.3, -0.25) is 0 Å². The summed E-state index contributed by atoms with van der Waals surface area (Å²) in [5, 5.41) is 3.57. The summed E-state index contributed by atoms with van der Waals surface area (Å²) in [6.45, 7) is 9.96. The third kappa shape index (κ3) is 8.88. The van der Waals surface area contributed by atoms with E-state index in [-0.39, 0.29) is 0 Å². The maximum atomic E-state index is 5.53. The molecule has 0 heterocycles. The predicted octanol–water partition coefficient (Wildman–Crippen LogP) is 2.78. The minimum atomic E-state index is 0.721. The van der Waals surface area contributed by atoms with Crippen molar-refractivity contribution >= 4 is 0 Å². The summed E-state index contributed by atoms with van der Waals surface area (Å²) in [5.41, 5.74) is 5.53. The van der Waals surface area contributed by atoms with Crippen molar-refractivity contribution in [2.75, 3.05) is 19.6 Å². The quantitative estimate of drug-likeness (QED) is 0.587. The molecule has 2 heteroatoms. The van der Waals surface area contributed by atoms with Crippen molar-refractivity contribution in [3.63, 3.8) is 0 Å². The van der Waals surface area contributed by atoms with Crippen molar-refractivity contribution in [1.29, 1.82) is 0 Å². The Morgan fingerprint density at radius 3 is 2.40 bits per heavy atom. The van der Waals surface area contributed by atoms with Gasteiger partial charge in [0, 0.05) is 0 Å². The lowest BCUT2D eigenvalue weighted by molar-refractivity contribution is 0.394. The number of unbranched alkanes of at least 4 members (excludes halogenated alkanes) is 1. The molecule has 0 amide bonds. The van der Waals surface area contributed by atoms with E-state index < -0.39 is 0 Å². The van der Waals surface area contributed by atoms with Gasteiger partial charge in [0.05, 0.1) is 0 Å². The Morgan fingerprint density at radius 1 is 1.13 bits per heavy atom. The molecule has 0 fully saturated rings. The monoisotopic (exact) mass is 214 g/mol. The SMILES string of the molecule is CCCCC(CC)CNCC(C)CCN. The first-order chi connectivity index (χ1) is 7.24. The Balaban J connectivity index is 3.44. The molecule has 0 aromatic carbocycles. The highest BCUT2D eigenvalue weighted by Gasteiger charge is 2.06. The fourth-order valence-electron chi connectivity index (χ4n) is 1.86. The number of nitrogens with two attached hydrogens (primary N) is 1. The molecule has 0 aliphatic rings. The molecule has 3 N–H and O–H groups in total.